The van der Waals surface area contributed by atoms with Crippen LogP contribution in [0.5, 0.6) is 0 Å². The summed E-state index contributed by atoms with van der Waals surface area (Å²) in [7, 11) is 0. The van der Waals surface area contributed by atoms with Crippen molar-refractivity contribution >= 4 is 11.9 Å². The lowest BCUT2D eigenvalue weighted by Gasteiger charge is -2.16. The Labute approximate surface area is 124 Å². The van der Waals surface area contributed by atoms with E-state index in [-0.39, 0.29) is 12.0 Å². The lowest BCUT2D eigenvalue weighted by molar-refractivity contribution is -0.143. The lowest BCUT2D eigenvalue weighted by atomic mass is 10.1. The number of halogens is 3. The SMILES string of the molecule is C=CC[C@H](NC(=O)[C@@H](O)c1ccc(C(F)(F)F)cc1)C(=O)O. The Kier molecular flexibility index (Phi) is 5.69. The van der Waals surface area contributed by atoms with E-state index in [0.717, 1.165) is 24.3 Å². The average molecular weight is 317 g/mol. The number of carboxylic acids is 1. The van der Waals surface area contributed by atoms with Crippen LogP contribution in [-0.2, 0) is 15.8 Å². The van der Waals surface area contributed by atoms with Crippen molar-refractivity contribution in [3.8, 4) is 0 Å². The molecule has 1 amide bonds. The Morgan fingerprint density at radius 1 is 1.27 bits per heavy atom. The first-order valence-electron chi connectivity index (χ1n) is 6.16. The number of aliphatic hydroxyl groups is 1. The summed E-state index contributed by atoms with van der Waals surface area (Å²) in [6.07, 6.45) is -5.07. The van der Waals surface area contributed by atoms with Gasteiger partial charge in [-0.3, -0.25) is 4.79 Å². The lowest BCUT2D eigenvalue weighted by Crippen LogP contribution is -2.42. The number of carboxylic acid groups (broad SMARTS) is 1. The minimum absolute atomic E-state index is 0.0548. The number of hydrogen-bond acceptors (Lipinski definition) is 3. The van der Waals surface area contributed by atoms with Gasteiger partial charge in [0.1, 0.15) is 6.04 Å². The minimum atomic E-state index is -4.52. The molecule has 0 fully saturated rings. The summed E-state index contributed by atoms with van der Waals surface area (Å²) in [5.74, 6) is -2.33. The molecular formula is C14H14F3NO4. The van der Waals surface area contributed by atoms with Crippen LogP contribution in [0.1, 0.15) is 23.7 Å². The van der Waals surface area contributed by atoms with Gasteiger partial charge >= 0.3 is 12.1 Å². The smallest absolute Gasteiger partial charge is 0.416 e. The van der Waals surface area contributed by atoms with Gasteiger partial charge in [0.05, 0.1) is 5.56 Å². The third kappa shape index (κ3) is 4.59. The van der Waals surface area contributed by atoms with Crippen LogP contribution in [0.3, 0.4) is 0 Å². The molecule has 1 aromatic carbocycles. The zero-order chi connectivity index (χ0) is 16.9. The highest BCUT2D eigenvalue weighted by atomic mass is 19.4. The number of hydrogen-bond donors (Lipinski definition) is 3. The standard InChI is InChI=1S/C14H14F3NO4/c1-2-3-10(13(21)22)18-12(20)11(19)8-4-6-9(7-5-8)14(15,16)17/h2,4-7,10-11,19H,1,3H2,(H,18,20)(H,21,22)/t10-,11-/m0/s1. The maximum Gasteiger partial charge on any atom is 0.416 e. The number of aliphatic hydroxyl groups excluding tert-OH is 1. The first kappa shape index (κ1) is 17.7. The second-order valence-corrected chi connectivity index (χ2v) is 4.45. The van der Waals surface area contributed by atoms with Crippen LogP contribution in [0, 0.1) is 0 Å². The summed E-state index contributed by atoms with van der Waals surface area (Å²) in [6.45, 7) is 3.34. The largest absolute Gasteiger partial charge is 0.480 e. The summed E-state index contributed by atoms with van der Waals surface area (Å²) in [5, 5.41) is 20.7. The molecule has 0 saturated carbocycles. The van der Waals surface area contributed by atoms with Gasteiger partial charge in [0.15, 0.2) is 6.10 Å². The third-order valence-electron chi connectivity index (χ3n) is 2.82. The van der Waals surface area contributed by atoms with Crippen LogP contribution in [-0.4, -0.2) is 28.1 Å². The molecule has 0 radical (unpaired) electrons. The van der Waals surface area contributed by atoms with E-state index in [0.29, 0.717) is 0 Å². The number of alkyl halides is 3. The summed E-state index contributed by atoms with van der Waals surface area (Å²) < 4.78 is 37.2. The molecule has 5 nitrogen and oxygen atoms in total. The zero-order valence-electron chi connectivity index (χ0n) is 11.3. The fourth-order valence-corrected chi connectivity index (χ4v) is 1.64. The van der Waals surface area contributed by atoms with E-state index < -0.39 is 35.8 Å². The van der Waals surface area contributed by atoms with E-state index in [1.165, 1.54) is 6.08 Å². The Morgan fingerprint density at radius 2 is 1.82 bits per heavy atom. The molecule has 0 aliphatic rings. The van der Waals surface area contributed by atoms with Gasteiger partial charge in [0, 0.05) is 0 Å². The molecule has 0 aliphatic carbocycles. The van der Waals surface area contributed by atoms with Crippen LogP contribution in [0.2, 0.25) is 0 Å². The Hall–Kier alpha value is -2.35. The molecule has 1 rings (SSSR count). The fourth-order valence-electron chi connectivity index (χ4n) is 1.64. The molecule has 1 aromatic rings. The van der Waals surface area contributed by atoms with Gasteiger partial charge in [0.25, 0.3) is 5.91 Å². The molecule has 120 valence electrons. The number of carbonyl (C=O) groups excluding carboxylic acids is 1. The first-order chi connectivity index (χ1) is 10.2. The predicted molar refractivity (Wildman–Crippen MR) is 70.8 cm³/mol. The van der Waals surface area contributed by atoms with E-state index >= 15 is 0 Å². The van der Waals surface area contributed by atoms with Crippen LogP contribution in [0.15, 0.2) is 36.9 Å². The van der Waals surface area contributed by atoms with Gasteiger partial charge in [0.2, 0.25) is 0 Å². The van der Waals surface area contributed by atoms with Gasteiger partial charge in [-0.25, -0.2) is 4.79 Å². The zero-order valence-corrected chi connectivity index (χ0v) is 11.3. The van der Waals surface area contributed by atoms with Crippen molar-refractivity contribution in [3.05, 3.63) is 48.0 Å². The molecule has 22 heavy (non-hydrogen) atoms. The van der Waals surface area contributed by atoms with Crippen LogP contribution in [0.25, 0.3) is 0 Å². The number of amides is 1. The maximum absolute atomic E-state index is 12.4. The predicted octanol–water partition coefficient (Wildman–Crippen LogP) is 1.88. The van der Waals surface area contributed by atoms with Gasteiger partial charge in [-0.15, -0.1) is 6.58 Å². The molecule has 0 spiro atoms. The monoisotopic (exact) mass is 317 g/mol. The molecule has 0 bridgehead atoms. The van der Waals surface area contributed by atoms with E-state index in [9.17, 15) is 27.9 Å². The maximum atomic E-state index is 12.4. The van der Waals surface area contributed by atoms with E-state index in [1.807, 2.05) is 0 Å². The normalized spacial score (nSPS) is 14.0. The topological polar surface area (TPSA) is 86.6 Å². The van der Waals surface area contributed by atoms with Crippen LogP contribution < -0.4 is 5.32 Å². The van der Waals surface area contributed by atoms with Crippen LogP contribution in [0.4, 0.5) is 13.2 Å². The number of nitrogens with one attached hydrogen (secondary N) is 1. The summed E-state index contributed by atoms with van der Waals surface area (Å²) in [4.78, 5) is 22.6. The third-order valence-corrected chi connectivity index (χ3v) is 2.82. The molecule has 3 N–H and O–H groups in total. The van der Waals surface area contributed by atoms with E-state index in [2.05, 4.69) is 11.9 Å². The molecule has 0 unspecified atom stereocenters. The minimum Gasteiger partial charge on any atom is -0.480 e. The molecule has 8 heteroatoms. The summed E-state index contributed by atoms with van der Waals surface area (Å²) >= 11 is 0. The molecule has 0 aliphatic heterocycles. The van der Waals surface area contributed by atoms with Crippen molar-refractivity contribution in [1.29, 1.82) is 0 Å². The first-order valence-corrected chi connectivity index (χ1v) is 6.16. The highest BCUT2D eigenvalue weighted by Crippen LogP contribution is 2.29. The molecular weight excluding hydrogens is 303 g/mol. The molecule has 0 saturated heterocycles. The Balaban J connectivity index is 2.82. The summed E-state index contributed by atoms with van der Waals surface area (Å²) in [6, 6.07) is 2.09. The van der Waals surface area contributed by atoms with Crippen molar-refractivity contribution in [2.75, 3.05) is 0 Å². The fraction of sp³-hybridized carbons (Fsp3) is 0.286. The highest BCUT2D eigenvalue weighted by molar-refractivity contribution is 5.87. The summed E-state index contributed by atoms with van der Waals surface area (Å²) in [5.41, 5.74) is -0.993. The van der Waals surface area contributed by atoms with Crippen molar-refractivity contribution in [2.24, 2.45) is 0 Å². The number of rotatable bonds is 6. The van der Waals surface area contributed by atoms with E-state index in [1.54, 1.807) is 0 Å². The van der Waals surface area contributed by atoms with Crippen molar-refractivity contribution in [3.63, 3.8) is 0 Å². The van der Waals surface area contributed by atoms with E-state index in [4.69, 9.17) is 5.11 Å². The second-order valence-electron chi connectivity index (χ2n) is 4.45. The second kappa shape index (κ2) is 7.08. The van der Waals surface area contributed by atoms with Crippen molar-refractivity contribution < 1.29 is 33.0 Å². The van der Waals surface area contributed by atoms with Crippen molar-refractivity contribution in [2.45, 2.75) is 24.7 Å². The van der Waals surface area contributed by atoms with Gasteiger partial charge < -0.3 is 15.5 Å². The van der Waals surface area contributed by atoms with Gasteiger partial charge in [-0.1, -0.05) is 18.2 Å². The average Bonchev–Trinajstić information content (AvgIpc) is 2.45. The molecule has 0 aromatic heterocycles. The van der Waals surface area contributed by atoms with Gasteiger partial charge in [-0.2, -0.15) is 13.2 Å². The Morgan fingerprint density at radius 3 is 2.23 bits per heavy atom. The number of benzene rings is 1. The quantitative estimate of drug-likeness (QED) is 0.699. The Bertz CT molecular complexity index is 554. The molecule has 2 atom stereocenters. The highest BCUT2D eigenvalue weighted by Gasteiger charge is 2.31. The van der Waals surface area contributed by atoms with Crippen LogP contribution >= 0.6 is 0 Å². The van der Waals surface area contributed by atoms with Crippen molar-refractivity contribution in [1.82, 2.24) is 5.32 Å². The number of carbonyl (C=O) groups is 2. The molecule has 0 heterocycles. The number of aliphatic carboxylic acids is 1. The van der Waals surface area contributed by atoms with Gasteiger partial charge in [-0.05, 0) is 24.1 Å².